The predicted octanol–water partition coefficient (Wildman–Crippen LogP) is 3.81. The molecule has 1 aliphatic rings. The number of rotatable bonds is 3. The fourth-order valence-electron chi connectivity index (χ4n) is 3.20. The minimum atomic E-state index is -4.43. The lowest BCUT2D eigenvalue weighted by Gasteiger charge is -2.34. The van der Waals surface area contributed by atoms with Gasteiger partial charge in [-0.2, -0.15) is 13.2 Å². The van der Waals surface area contributed by atoms with Crippen LogP contribution >= 0.6 is 11.6 Å². The Hall–Kier alpha value is -3.18. The number of piperazine rings is 1. The van der Waals surface area contributed by atoms with Crippen LogP contribution in [0.25, 0.3) is 0 Å². The van der Waals surface area contributed by atoms with E-state index in [0.717, 1.165) is 17.7 Å². The summed E-state index contributed by atoms with van der Waals surface area (Å²) in [4.78, 5) is 28.0. The van der Waals surface area contributed by atoms with Crippen molar-refractivity contribution in [3.63, 3.8) is 0 Å². The van der Waals surface area contributed by atoms with Crippen molar-refractivity contribution in [1.82, 2.24) is 15.1 Å². The highest BCUT2D eigenvalue weighted by molar-refractivity contribution is 6.30. The number of amides is 3. The average molecular weight is 464 g/mol. The number of carbonyl (C=O) groups is 2. The van der Waals surface area contributed by atoms with Crippen LogP contribution in [0.3, 0.4) is 0 Å². The first kappa shape index (κ1) is 23.5. The van der Waals surface area contributed by atoms with Crippen LogP contribution in [0, 0.1) is 11.8 Å². The summed E-state index contributed by atoms with van der Waals surface area (Å²) >= 11 is 5.85. The van der Waals surface area contributed by atoms with Crippen LogP contribution in [0.15, 0.2) is 48.5 Å². The highest BCUT2D eigenvalue weighted by atomic mass is 35.5. The summed E-state index contributed by atoms with van der Waals surface area (Å²) in [5, 5.41) is 3.24. The fraction of sp³-hybridized carbons (Fsp3) is 0.304. The van der Waals surface area contributed by atoms with Gasteiger partial charge in [0.2, 0.25) is 5.91 Å². The highest BCUT2D eigenvalue weighted by Crippen LogP contribution is 2.29. The van der Waals surface area contributed by atoms with Crippen molar-refractivity contribution in [2.45, 2.75) is 12.6 Å². The SMILES string of the molecule is O=C(Cc1ccc(Cl)cc1)N1CCN(C(=O)NCC#Cc2cccc(C(F)(F)F)c2)CC1. The number of hydrogen-bond donors (Lipinski definition) is 1. The lowest BCUT2D eigenvalue weighted by Crippen LogP contribution is -2.53. The van der Waals surface area contributed by atoms with Crippen LogP contribution in [0.1, 0.15) is 16.7 Å². The summed E-state index contributed by atoms with van der Waals surface area (Å²) in [5.41, 5.74) is 0.331. The van der Waals surface area contributed by atoms with Crippen molar-refractivity contribution in [2.24, 2.45) is 0 Å². The molecule has 1 aliphatic heterocycles. The molecule has 0 radical (unpaired) electrons. The van der Waals surface area contributed by atoms with Crippen molar-refractivity contribution >= 4 is 23.5 Å². The molecular weight excluding hydrogens is 443 g/mol. The molecule has 0 aromatic heterocycles. The third kappa shape index (κ3) is 6.66. The van der Waals surface area contributed by atoms with Crippen LogP contribution in [-0.2, 0) is 17.4 Å². The molecule has 9 heteroatoms. The first-order valence-corrected chi connectivity index (χ1v) is 10.3. The Labute approximate surface area is 189 Å². The quantitative estimate of drug-likeness (QED) is 0.704. The molecule has 1 fully saturated rings. The Morgan fingerprint density at radius 3 is 2.31 bits per heavy atom. The highest BCUT2D eigenvalue weighted by Gasteiger charge is 2.30. The molecule has 3 rings (SSSR count). The number of benzene rings is 2. The molecule has 0 aliphatic carbocycles. The van der Waals surface area contributed by atoms with Gasteiger partial charge in [-0.15, -0.1) is 0 Å². The summed E-state index contributed by atoms with van der Waals surface area (Å²) in [6, 6.07) is 11.5. The third-order valence-corrected chi connectivity index (χ3v) is 5.19. The first-order valence-electron chi connectivity index (χ1n) is 9.93. The van der Waals surface area contributed by atoms with E-state index in [2.05, 4.69) is 17.2 Å². The summed E-state index contributed by atoms with van der Waals surface area (Å²) in [6.45, 7) is 1.63. The molecule has 32 heavy (non-hydrogen) atoms. The lowest BCUT2D eigenvalue weighted by atomic mass is 10.1. The van der Waals surface area contributed by atoms with Crippen molar-refractivity contribution in [3.8, 4) is 11.8 Å². The fourth-order valence-corrected chi connectivity index (χ4v) is 3.32. The summed E-state index contributed by atoms with van der Waals surface area (Å²) in [7, 11) is 0. The van der Waals surface area contributed by atoms with E-state index < -0.39 is 11.7 Å². The predicted molar refractivity (Wildman–Crippen MR) is 115 cm³/mol. The van der Waals surface area contributed by atoms with Crippen molar-refractivity contribution in [3.05, 3.63) is 70.2 Å². The van der Waals surface area contributed by atoms with Gasteiger partial charge in [0.1, 0.15) is 0 Å². The maximum absolute atomic E-state index is 12.7. The van der Waals surface area contributed by atoms with Crippen LogP contribution < -0.4 is 5.32 Å². The van der Waals surface area contributed by atoms with Crippen LogP contribution in [0.4, 0.5) is 18.0 Å². The number of hydrogen-bond acceptors (Lipinski definition) is 2. The van der Waals surface area contributed by atoms with E-state index in [1.807, 2.05) is 12.1 Å². The molecule has 2 aromatic rings. The molecule has 1 heterocycles. The normalized spacial score (nSPS) is 13.9. The van der Waals surface area contributed by atoms with E-state index in [4.69, 9.17) is 11.6 Å². The van der Waals surface area contributed by atoms with Gasteiger partial charge in [0, 0.05) is 36.8 Å². The number of urea groups is 1. The lowest BCUT2D eigenvalue weighted by molar-refractivity contribution is -0.137. The molecule has 2 aromatic carbocycles. The van der Waals surface area contributed by atoms with Gasteiger partial charge in [0.25, 0.3) is 0 Å². The van der Waals surface area contributed by atoms with Crippen LogP contribution in [0.5, 0.6) is 0 Å². The number of carbonyl (C=O) groups excluding carboxylic acids is 2. The molecule has 0 spiro atoms. The second kappa shape index (κ2) is 10.4. The van der Waals surface area contributed by atoms with E-state index in [1.54, 1.807) is 21.9 Å². The van der Waals surface area contributed by atoms with E-state index >= 15 is 0 Å². The first-order chi connectivity index (χ1) is 15.2. The molecule has 0 bridgehead atoms. The number of nitrogens with zero attached hydrogens (tertiary/aromatic N) is 2. The maximum atomic E-state index is 12.7. The second-order valence-electron chi connectivity index (χ2n) is 7.21. The van der Waals surface area contributed by atoms with Crippen LogP contribution in [-0.4, -0.2) is 54.5 Å². The molecule has 0 unspecified atom stereocenters. The van der Waals surface area contributed by atoms with E-state index in [9.17, 15) is 22.8 Å². The minimum Gasteiger partial charge on any atom is -0.339 e. The monoisotopic (exact) mass is 463 g/mol. The van der Waals surface area contributed by atoms with Gasteiger partial charge in [-0.1, -0.05) is 41.6 Å². The summed E-state index contributed by atoms with van der Waals surface area (Å²) in [5.74, 6) is 5.26. The molecule has 0 atom stereocenters. The molecule has 1 N–H and O–H groups in total. The maximum Gasteiger partial charge on any atom is 0.416 e. The molecular formula is C23H21ClF3N3O2. The zero-order valence-electron chi connectivity index (χ0n) is 17.1. The standard InChI is InChI=1S/C23H21ClF3N3O2/c24-20-8-6-18(7-9-20)16-21(31)29-11-13-30(14-12-29)22(32)28-10-2-4-17-3-1-5-19(15-17)23(25,26)27/h1,3,5-9,15H,10-14,16H2,(H,28,32). The van der Waals surface area contributed by atoms with Crippen molar-refractivity contribution < 1.29 is 22.8 Å². The number of halogens is 4. The van der Waals surface area contributed by atoms with Gasteiger partial charge in [0.05, 0.1) is 18.5 Å². The van der Waals surface area contributed by atoms with E-state index in [1.165, 1.54) is 12.1 Å². The largest absolute Gasteiger partial charge is 0.416 e. The van der Waals surface area contributed by atoms with Gasteiger partial charge >= 0.3 is 12.2 Å². The molecule has 168 valence electrons. The third-order valence-electron chi connectivity index (χ3n) is 4.94. The van der Waals surface area contributed by atoms with Gasteiger partial charge in [-0.05, 0) is 35.9 Å². The van der Waals surface area contributed by atoms with E-state index in [-0.39, 0.29) is 30.5 Å². The average Bonchev–Trinajstić information content (AvgIpc) is 2.78. The van der Waals surface area contributed by atoms with E-state index in [0.29, 0.717) is 31.2 Å². The van der Waals surface area contributed by atoms with Crippen molar-refractivity contribution in [2.75, 3.05) is 32.7 Å². The number of nitrogens with one attached hydrogen (secondary N) is 1. The van der Waals surface area contributed by atoms with Crippen LogP contribution in [0.2, 0.25) is 5.02 Å². The molecule has 0 saturated carbocycles. The Bertz CT molecular complexity index is 1020. The van der Waals surface area contributed by atoms with Gasteiger partial charge in [-0.3, -0.25) is 4.79 Å². The number of alkyl halides is 3. The Kier molecular flexibility index (Phi) is 7.65. The summed E-state index contributed by atoms with van der Waals surface area (Å²) in [6.07, 6.45) is -4.15. The zero-order valence-corrected chi connectivity index (χ0v) is 17.8. The second-order valence-corrected chi connectivity index (χ2v) is 7.65. The zero-order chi connectivity index (χ0) is 23.1. The Morgan fingerprint density at radius 2 is 1.66 bits per heavy atom. The molecule has 3 amide bonds. The minimum absolute atomic E-state index is 0.00475. The smallest absolute Gasteiger partial charge is 0.339 e. The molecule has 5 nitrogen and oxygen atoms in total. The van der Waals surface area contributed by atoms with Gasteiger partial charge in [-0.25, -0.2) is 4.79 Å². The summed E-state index contributed by atoms with van der Waals surface area (Å²) < 4.78 is 38.2. The van der Waals surface area contributed by atoms with Crippen molar-refractivity contribution in [1.29, 1.82) is 0 Å². The Balaban J connectivity index is 1.43. The van der Waals surface area contributed by atoms with Gasteiger partial charge < -0.3 is 15.1 Å². The molecule has 1 saturated heterocycles. The topological polar surface area (TPSA) is 52.7 Å². The van der Waals surface area contributed by atoms with Gasteiger partial charge in [0.15, 0.2) is 0 Å². The Morgan fingerprint density at radius 1 is 1.00 bits per heavy atom.